The van der Waals surface area contributed by atoms with Gasteiger partial charge in [-0.05, 0) is 26.8 Å². The number of hydrogen-bond acceptors (Lipinski definition) is 3. The van der Waals surface area contributed by atoms with Gasteiger partial charge in [-0.2, -0.15) is 0 Å². The number of rotatable bonds is 4. The van der Waals surface area contributed by atoms with Gasteiger partial charge in [-0.25, -0.2) is 9.18 Å². The van der Waals surface area contributed by atoms with Crippen molar-refractivity contribution in [3.63, 3.8) is 0 Å². The van der Waals surface area contributed by atoms with Crippen molar-refractivity contribution in [2.24, 2.45) is 0 Å². The molecule has 0 spiro atoms. The molecule has 98 valence electrons. The van der Waals surface area contributed by atoms with Crippen molar-refractivity contribution in [2.75, 3.05) is 6.54 Å². The highest BCUT2D eigenvalue weighted by molar-refractivity contribution is 5.97. The van der Waals surface area contributed by atoms with Gasteiger partial charge in [0.25, 0.3) is 5.91 Å². The van der Waals surface area contributed by atoms with E-state index in [9.17, 15) is 14.0 Å². The van der Waals surface area contributed by atoms with E-state index in [4.69, 9.17) is 5.11 Å². The van der Waals surface area contributed by atoms with Crippen molar-refractivity contribution in [2.45, 2.75) is 26.3 Å². The van der Waals surface area contributed by atoms with Gasteiger partial charge in [-0.1, -0.05) is 0 Å². The number of carboxylic acids is 1. The molecule has 6 heteroatoms. The standard InChI is InChI=1S/C12H15FN2O3/c1-4-15(12(2,3)11(17)18)10(16)8-5-9(13)7-14-6-8/h5-7H,4H2,1-3H3,(H,17,18). The molecule has 0 fully saturated rings. The van der Waals surface area contributed by atoms with Crippen LogP contribution < -0.4 is 0 Å². The SMILES string of the molecule is CCN(C(=O)c1cncc(F)c1)C(C)(C)C(=O)O. The number of nitrogens with zero attached hydrogens (tertiary/aromatic N) is 2. The lowest BCUT2D eigenvalue weighted by Gasteiger charge is -2.34. The van der Waals surface area contributed by atoms with Gasteiger partial charge in [-0.3, -0.25) is 9.78 Å². The van der Waals surface area contributed by atoms with Crippen molar-refractivity contribution in [1.29, 1.82) is 0 Å². The molecule has 1 heterocycles. The smallest absolute Gasteiger partial charge is 0.329 e. The molecule has 18 heavy (non-hydrogen) atoms. The Morgan fingerprint density at radius 3 is 2.50 bits per heavy atom. The second kappa shape index (κ2) is 5.12. The molecule has 0 aliphatic rings. The summed E-state index contributed by atoms with van der Waals surface area (Å²) in [5, 5.41) is 9.11. The van der Waals surface area contributed by atoms with Crippen LogP contribution in [0, 0.1) is 5.82 Å². The fourth-order valence-electron chi connectivity index (χ4n) is 1.59. The maximum atomic E-state index is 13.0. The van der Waals surface area contributed by atoms with Gasteiger partial charge >= 0.3 is 5.97 Å². The maximum absolute atomic E-state index is 13.0. The first-order valence-electron chi connectivity index (χ1n) is 5.46. The number of amides is 1. The fourth-order valence-corrected chi connectivity index (χ4v) is 1.59. The summed E-state index contributed by atoms with van der Waals surface area (Å²) in [7, 11) is 0. The molecule has 1 aromatic heterocycles. The van der Waals surface area contributed by atoms with E-state index in [1.165, 1.54) is 20.0 Å². The van der Waals surface area contributed by atoms with Crippen molar-refractivity contribution >= 4 is 11.9 Å². The van der Waals surface area contributed by atoms with Crippen LogP contribution in [0.3, 0.4) is 0 Å². The van der Waals surface area contributed by atoms with Crippen LogP contribution in [0.25, 0.3) is 0 Å². The van der Waals surface area contributed by atoms with E-state index in [1.54, 1.807) is 6.92 Å². The zero-order valence-corrected chi connectivity index (χ0v) is 10.5. The summed E-state index contributed by atoms with van der Waals surface area (Å²) < 4.78 is 13.0. The lowest BCUT2D eigenvalue weighted by atomic mass is 10.0. The second-order valence-corrected chi connectivity index (χ2v) is 4.31. The van der Waals surface area contributed by atoms with Crippen molar-refractivity contribution in [3.05, 3.63) is 29.8 Å². The molecule has 0 aromatic carbocycles. The zero-order chi connectivity index (χ0) is 13.9. The minimum Gasteiger partial charge on any atom is -0.480 e. The Morgan fingerprint density at radius 1 is 1.44 bits per heavy atom. The average Bonchev–Trinajstić information content (AvgIpc) is 2.29. The highest BCUT2D eigenvalue weighted by Gasteiger charge is 2.37. The molecule has 1 rings (SSSR count). The van der Waals surface area contributed by atoms with E-state index in [2.05, 4.69) is 4.98 Å². The van der Waals surface area contributed by atoms with Crippen LogP contribution in [0.1, 0.15) is 31.1 Å². The molecule has 5 nitrogen and oxygen atoms in total. The molecule has 0 saturated heterocycles. The molecule has 1 amide bonds. The van der Waals surface area contributed by atoms with Gasteiger partial charge in [0, 0.05) is 12.7 Å². The number of likely N-dealkylation sites (N-methyl/N-ethyl adjacent to an activating group) is 1. The molecule has 0 aliphatic heterocycles. The van der Waals surface area contributed by atoms with E-state index in [1.807, 2.05) is 0 Å². The highest BCUT2D eigenvalue weighted by Crippen LogP contribution is 2.18. The molecule has 0 atom stereocenters. The van der Waals surface area contributed by atoms with Gasteiger partial charge in [0.15, 0.2) is 0 Å². The van der Waals surface area contributed by atoms with Crippen molar-refractivity contribution < 1.29 is 19.1 Å². The van der Waals surface area contributed by atoms with Gasteiger partial charge in [0.1, 0.15) is 11.4 Å². The number of carbonyl (C=O) groups is 2. The minimum absolute atomic E-state index is 0.0335. The van der Waals surface area contributed by atoms with Crippen LogP contribution in [-0.2, 0) is 4.79 Å². The van der Waals surface area contributed by atoms with Gasteiger partial charge < -0.3 is 10.0 Å². The number of halogens is 1. The topological polar surface area (TPSA) is 70.5 Å². The van der Waals surface area contributed by atoms with E-state index < -0.39 is 23.2 Å². The monoisotopic (exact) mass is 254 g/mol. The minimum atomic E-state index is -1.36. The number of carboxylic acid groups (broad SMARTS) is 1. The Labute approximate surface area is 104 Å². The highest BCUT2D eigenvalue weighted by atomic mass is 19.1. The molecule has 0 bridgehead atoms. The third-order valence-electron chi connectivity index (χ3n) is 2.71. The van der Waals surface area contributed by atoms with Crippen LogP contribution in [0.4, 0.5) is 4.39 Å². The third kappa shape index (κ3) is 2.64. The van der Waals surface area contributed by atoms with Crippen LogP contribution >= 0.6 is 0 Å². The molecule has 1 aromatic rings. The Balaban J connectivity index is 3.11. The van der Waals surface area contributed by atoms with Crippen molar-refractivity contribution in [1.82, 2.24) is 9.88 Å². The number of hydrogen-bond donors (Lipinski definition) is 1. The quantitative estimate of drug-likeness (QED) is 0.884. The molecule has 0 aliphatic carbocycles. The number of pyridine rings is 1. The zero-order valence-electron chi connectivity index (χ0n) is 10.5. The van der Waals surface area contributed by atoms with Crippen LogP contribution in [-0.4, -0.2) is 39.0 Å². The molecular formula is C12H15FN2O3. The maximum Gasteiger partial charge on any atom is 0.329 e. The van der Waals surface area contributed by atoms with Gasteiger partial charge in [-0.15, -0.1) is 0 Å². The van der Waals surface area contributed by atoms with E-state index in [-0.39, 0.29) is 12.1 Å². The third-order valence-corrected chi connectivity index (χ3v) is 2.71. The van der Waals surface area contributed by atoms with Crippen LogP contribution in [0.2, 0.25) is 0 Å². The Bertz CT molecular complexity index is 474. The van der Waals surface area contributed by atoms with E-state index in [0.29, 0.717) is 0 Å². The molecule has 0 unspecified atom stereocenters. The summed E-state index contributed by atoms with van der Waals surface area (Å²) in [6, 6.07) is 1.04. The summed E-state index contributed by atoms with van der Waals surface area (Å²) >= 11 is 0. The molecule has 1 N–H and O–H groups in total. The first kappa shape index (κ1) is 14.1. The fraction of sp³-hybridized carbons (Fsp3) is 0.417. The predicted molar refractivity (Wildman–Crippen MR) is 62.6 cm³/mol. The first-order chi connectivity index (χ1) is 8.30. The molecular weight excluding hydrogens is 239 g/mol. The predicted octanol–water partition coefficient (Wildman–Crippen LogP) is 1.55. The molecule has 0 saturated carbocycles. The summed E-state index contributed by atoms with van der Waals surface area (Å²) in [5.41, 5.74) is -1.33. The van der Waals surface area contributed by atoms with Crippen LogP contribution in [0.15, 0.2) is 18.5 Å². The van der Waals surface area contributed by atoms with E-state index in [0.717, 1.165) is 17.2 Å². The summed E-state index contributed by atoms with van der Waals surface area (Å²) in [6.07, 6.45) is 2.20. The van der Waals surface area contributed by atoms with E-state index >= 15 is 0 Å². The van der Waals surface area contributed by atoms with Crippen LogP contribution in [0.5, 0.6) is 0 Å². The first-order valence-corrected chi connectivity index (χ1v) is 5.46. The Kier molecular flexibility index (Phi) is 4.00. The Morgan fingerprint density at radius 2 is 2.06 bits per heavy atom. The van der Waals surface area contributed by atoms with Gasteiger partial charge in [0.2, 0.25) is 0 Å². The summed E-state index contributed by atoms with van der Waals surface area (Å²) in [6.45, 7) is 4.71. The second-order valence-electron chi connectivity index (χ2n) is 4.31. The number of aliphatic carboxylic acids is 1. The summed E-state index contributed by atoms with van der Waals surface area (Å²) in [5.74, 6) is -2.32. The lowest BCUT2D eigenvalue weighted by molar-refractivity contribution is -0.147. The molecule has 0 radical (unpaired) electrons. The summed E-state index contributed by atoms with van der Waals surface area (Å²) in [4.78, 5) is 28.0. The normalized spacial score (nSPS) is 11.1. The van der Waals surface area contributed by atoms with Gasteiger partial charge in [0.05, 0.1) is 11.8 Å². The number of aromatic nitrogens is 1. The largest absolute Gasteiger partial charge is 0.480 e. The average molecular weight is 254 g/mol. The lowest BCUT2D eigenvalue weighted by Crippen LogP contribution is -2.52. The number of carbonyl (C=O) groups excluding carboxylic acids is 1. The van der Waals surface area contributed by atoms with Crippen molar-refractivity contribution in [3.8, 4) is 0 Å². The Hall–Kier alpha value is -1.98.